The molecule has 1 saturated carbocycles. The molecule has 1 N–H and O–H groups in total. The van der Waals surface area contributed by atoms with Gasteiger partial charge in [-0.15, -0.1) is 0 Å². The van der Waals surface area contributed by atoms with Gasteiger partial charge in [0.25, 0.3) is 0 Å². The summed E-state index contributed by atoms with van der Waals surface area (Å²) in [4.78, 5) is 27.0. The molecule has 2 bridgehead atoms. The van der Waals surface area contributed by atoms with Crippen LogP contribution in [0.2, 0.25) is 5.02 Å². The zero-order chi connectivity index (χ0) is 28.9. The highest BCUT2D eigenvalue weighted by Gasteiger charge is 2.51. The van der Waals surface area contributed by atoms with Gasteiger partial charge in [-0.2, -0.15) is 0 Å². The van der Waals surface area contributed by atoms with Crippen LogP contribution in [0.15, 0.2) is 30.9 Å². The number of hydrogen-bond acceptors (Lipinski definition) is 7. The second-order valence-electron chi connectivity index (χ2n) is 11.6. The van der Waals surface area contributed by atoms with Gasteiger partial charge in [0.2, 0.25) is 0 Å². The van der Waals surface area contributed by atoms with Crippen molar-refractivity contribution in [3.05, 3.63) is 63.7 Å². The number of benzene rings is 2. The van der Waals surface area contributed by atoms with Gasteiger partial charge in [0.1, 0.15) is 23.7 Å². The summed E-state index contributed by atoms with van der Waals surface area (Å²) in [5.74, 6) is 0.291. The highest BCUT2D eigenvalue weighted by atomic mass is 35.5. The smallest absolute Gasteiger partial charge is 0.346 e. The summed E-state index contributed by atoms with van der Waals surface area (Å²) in [6.07, 6.45) is 7.11. The summed E-state index contributed by atoms with van der Waals surface area (Å²) in [5.41, 5.74) is 1.34. The van der Waals surface area contributed by atoms with Crippen molar-refractivity contribution in [3.63, 3.8) is 0 Å². The molecule has 7 nitrogen and oxygen atoms in total. The Bertz CT molecular complexity index is 1430. The molecule has 0 saturated heterocycles. The number of hydrogen-bond donors (Lipinski definition) is 1. The quantitative estimate of drug-likeness (QED) is 0.213. The zero-order valence-corrected chi connectivity index (χ0v) is 24.3. The predicted molar refractivity (Wildman–Crippen MR) is 152 cm³/mol. The molecule has 5 rings (SSSR count). The van der Waals surface area contributed by atoms with Crippen molar-refractivity contribution >= 4 is 29.6 Å². The van der Waals surface area contributed by atoms with E-state index in [1.807, 2.05) is 20.8 Å². The molecule has 0 aromatic heterocycles. The van der Waals surface area contributed by atoms with Gasteiger partial charge in [-0.05, 0) is 68.6 Å². The number of ether oxygens (including phenoxy) is 4. The van der Waals surface area contributed by atoms with E-state index in [0.717, 1.165) is 6.42 Å². The van der Waals surface area contributed by atoms with E-state index in [4.69, 9.17) is 30.5 Å². The fourth-order valence-electron chi connectivity index (χ4n) is 6.23. The number of fused-ring (bicyclic) bond motifs is 4. The van der Waals surface area contributed by atoms with Crippen LogP contribution in [0.3, 0.4) is 0 Å². The first-order valence-electron chi connectivity index (χ1n) is 13.6. The Morgan fingerprint density at radius 2 is 2.05 bits per heavy atom. The number of methoxy groups -OCH3 is 1. The molecular formula is C32H35ClO7. The maximum absolute atomic E-state index is 13.7. The molecule has 2 aromatic rings. The second kappa shape index (κ2) is 10.6. The van der Waals surface area contributed by atoms with E-state index in [1.54, 1.807) is 25.1 Å². The molecule has 3 aliphatic rings. The Kier molecular flexibility index (Phi) is 7.48. The van der Waals surface area contributed by atoms with Gasteiger partial charge < -0.3 is 24.1 Å². The van der Waals surface area contributed by atoms with Gasteiger partial charge in [0, 0.05) is 11.1 Å². The summed E-state index contributed by atoms with van der Waals surface area (Å²) in [7, 11) is 1.43. The second-order valence-corrected chi connectivity index (χ2v) is 12.0. The third kappa shape index (κ3) is 4.59. The normalized spacial score (nSPS) is 23.4. The van der Waals surface area contributed by atoms with Crippen molar-refractivity contribution in [2.75, 3.05) is 7.11 Å². The molecule has 1 fully saturated rings. The lowest BCUT2D eigenvalue weighted by molar-refractivity contribution is -0.146. The Morgan fingerprint density at radius 3 is 2.65 bits per heavy atom. The zero-order valence-electron chi connectivity index (χ0n) is 23.5. The van der Waals surface area contributed by atoms with Crippen LogP contribution in [0.1, 0.15) is 78.7 Å². The highest BCUT2D eigenvalue weighted by Crippen LogP contribution is 2.54. The van der Waals surface area contributed by atoms with Gasteiger partial charge >= 0.3 is 11.9 Å². The van der Waals surface area contributed by atoms with Crippen molar-refractivity contribution in [1.29, 1.82) is 0 Å². The molecule has 4 atom stereocenters. The fraction of sp³-hybridized carbons (Fsp3) is 0.438. The van der Waals surface area contributed by atoms with Crippen molar-refractivity contribution in [2.24, 2.45) is 23.2 Å². The van der Waals surface area contributed by atoms with E-state index < -0.39 is 17.5 Å². The third-order valence-corrected chi connectivity index (χ3v) is 8.95. The molecule has 40 heavy (non-hydrogen) atoms. The Labute approximate surface area is 239 Å². The first kappa shape index (κ1) is 28.2. The molecule has 0 radical (unpaired) electrons. The molecule has 0 amide bonds. The standard InChI is InChI=1S/C32H35ClO7/c1-7-20-17(4)26(33)22-15-38-30(35)25-24(11-10-21(27(25)37-6)23(34)12-16(2)3)39-29(22)28(20)40-31(36)32(5)14-18-8-9-19(32)13-18/h7-11,16,18-19,23,34H,1,12-15H2,2-6H3/t18-,19+,23-,32+/m0/s1. The summed E-state index contributed by atoms with van der Waals surface area (Å²) in [6.45, 7) is 11.4. The number of carbonyl (C=O) groups is 2. The summed E-state index contributed by atoms with van der Waals surface area (Å²) >= 11 is 6.76. The van der Waals surface area contributed by atoms with Crippen molar-refractivity contribution in [2.45, 2.75) is 59.7 Å². The monoisotopic (exact) mass is 566 g/mol. The number of rotatable bonds is 7. The fourth-order valence-corrected chi connectivity index (χ4v) is 6.47. The minimum atomic E-state index is -0.858. The lowest BCUT2D eigenvalue weighted by Gasteiger charge is -2.30. The van der Waals surface area contributed by atoms with Crippen LogP contribution < -0.4 is 14.2 Å². The van der Waals surface area contributed by atoms with Crippen LogP contribution in [-0.4, -0.2) is 24.2 Å². The van der Waals surface area contributed by atoms with Crippen LogP contribution in [0.5, 0.6) is 23.0 Å². The van der Waals surface area contributed by atoms with E-state index in [-0.39, 0.29) is 53.0 Å². The molecule has 2 aliphatic carbocycles. The van der Waals surface area contributed by atoms with E-state index in [0.29, 0.717) is 46.0 Å². The van der Waals surface area contributed by atoms with Gasteiger partial charge in [0.15, 0.2) is 11.5 Å². The number of carbonyl (C=O) groups excluding carboxylic acids is 2. The third-order valence-electron chi connectivity index (χ3n) is 8.44. The van der Waals surface area contributed by atoms with Crippen molar-refractivity contribution in [1.82, 2.24) is 0 Å². The highest BCUT2D eigenvalue weighted by molar-refractivity contribution is 6.32. The van der Waals surface area contributed by atoms with E-state index in [9.17, 15) is 14.7 Å². The number of esters is 2. The van der Waals surface area contributed by atoms with Crippen molar-refractivity contribution in [3.8, 4) is 23.0 Å². The summed E-state index contributed by atoms with van der Waals surface area (Å²) in [5, 5.41) is 11.2. The molecule has 8 heteroatoms. The first-order chi connectivity index (χ1) is 19.0. The SMILES string of the molecule is C=Cc1c(C)c(Cl)c2c(c1OC(=O)[C@]1(C)C[C@H]3C=C[C@@H]1C3)Oc1ccc([C@@H](O)CC(C)C)c(OC)c1C(=O)OC2. The number of cyclic esters (lactones) is 1. The van der Waals surface area contributed by atoms with Gasteiger partial charge in [-0.3, -0.25) is 4.79 Å². The van der Waals surface area contributed by atoms with Gasteiger partial charge in [-0.25, -0.2) is 4.79 Å². The first-order valence-corrected chi connectivity index (χ1v) is 14.0. The molecule has 1 heterocycles. The van der Waals surface area contributed by atoms with Crippen LogP contribution in [-0.2, 0) is 16.1 Å². The number of halogens is 1. The average molecular weight is 567 g/mol. The van der Waals surface area contributed by atoms with E-state index >= 15 is 0 Å². The Morgan fingerprint density at radius 1 is 1.30 bits per heavy atom. The lowest BCUT2D eigenvalue weighted by Crippen LogP contribution is -2.36. The van der Waals surface area contributed by atoms with Crippen LogP contribution in [0.4, 0.5) is 0 Å². The number of aliphatic hydroxyl groups is 1. The maximum Gasteiger partial charge on any atom is 0.346 e. The van der Waals surface area contributed by atoms with Crippen LogP contribution >= 0.6 is 11.6 Å². The van der Waals surface area contributed by atoms with E-state index in [1.165, 1.54) is 7.11 Å². The largest absolute Gasteiger partial charge is 0.495 e. The van der Waals surface area contributed by atoms with Crippen LogP contribution in [0.25, 0.3) is 6.08 Å². The molecular weight excluding hydrogens is 532 g/mol. The molecule has 1 aliphatic heterocycles. The minimum Gasteiger partial charge on any atom is -0.495 e. The predicted octanol–water partition coefficient (Wildman–Crippen LogP) is 7.35. The van der Waals surface area contributed by atoms with E-state index in [2.05, 4.69) is 18.7 Å². The summed E-state index contributed by atoms with van der Waals surface area (Å²) in [6, 6.07) is 3.25. The molecule has 0 spiro atoms. The molecule has 0 unspecified atom stereocenters. The van der Waals surface area contributed by atoms with Crippen molar-refractivity contribution < 1.29 is 33.6 Å². The van der Waals surface area contributed by atoms with Crippen LogP contribution in [0, 0.1) is 30.1 Å². The topological polar surface area (TPSA) is 91.3 Å². The minimum absolute atomic E-state index is 0.0350. The maximum atomic E-state index is 13.7. The van der Waals surface area contributed by atoms with Gasteiger partial charge in [0.05, 0.1) is 29.2 Å². The van der Waals surface area contributed by atoms with Gasteiger partial charge in [-0.1, -0.05) is 50.3 Å². The number of allylic oxidation sites excluding steroid dienone is 2. The Balaban J connectivity index is 1.64. The lowest BCUT2D eigenvalue weighted by atomic mass is 9.78. The Hall–Kier alpha value is -3.29. The average Bonchev–Trinajstić information content (AvgIpc) is 3.50. The summed E-state index contributed by atoms with van der Waals surface area (Å²) < 4.78 is 23.9. The number of aliphatic hydroxyl groups excluding tert-OH is 1. The molecule has 2 aromatic carbocycles. The molecule has 212 valence electrons.